The highest BCUT2D eigenvalue weighted by Gasteiger charge is 2.29. The number of hydrogen-bond acceptors (Lipinski definition) is 8. The molecule has 1 aromatic heterocycles. The maximum absolute atomic E-state index is 13.2. The predicted octanol–water partition coefficient (Wildman–Crippen LogP) is 4.70. The zero-order valence-electron chi connectivity index (χ0n) is 21.9. The summed E-state index contributed by atoms with van der Waals surface area (Å²) >= 11 is 4.34. The molecule has 1 amide bonds. The quantitative estimate of drug-likeness (QED) is 0.227. The molecule has 0 radical (unpaired) electrons. The van der Waals surface area contributed by atoms with Crippen LogP contribution in [0, 0.1) is 0 Å². The number of para-hydroxylation sites is 1. The van der Waals surface area contributed by atoms with Gasteiger partial charge in [-0.3, -0.25) is 4.79 Å². The summed E-state index contributed by atoms with van der Waals surface area (Å²) in [6, 6.07) is 14.2. The number of carboxylic acid groups (broad SMARTS) is 2. The van der Waals surface area contributed by atoms with Gasteiger partial charge in [-0.2, -0.15) is 0 Å². The van der Waals surface area contributed by atoms with E-state index in [1.807, 2.05) is 24.3 Å². The fourth-order valence-electron chi connectivity index (χ4n) is 4.50. The summed E-state index contributed by atoms with van der Waals surface area (Å²) in [5.41, 5.74) is 2.49. The average molecular weight is 667 g/mol. The molecule has 2 heterocycles. The van der Waals surface area contributed by atoms with Crippen molar-refractivity contribution in [3.63, 3.8) is 0 Å². The molecule has 1 saturated heterocycles. The molecule has 3 aromatic rings. The van der Waals surface area contributed by atoms with Gasteiger partial charge in [-0.05, 0) is 58.1 Å². The number of benzene rings is 2. The third-order valence-corrected chi connectivity index (χ3v) is 10.4. The number of amides is 1. The number of aliphatic carboxylic acids is 1. The molecule has 4 N–H and O–H groups in total. The maximum Gasteiger partial charge on any atom is 0.349 e. The van der Waals surface area contributed by atoms with Crippen LogP contribution in [-0.2, 0) is 25.4 Å². The van der Waals surface area contributed by atoms with Gasteiger partial charge >= 0.3 is 11.9 Å². The molecule has 41 heavy (non-hydrogen) atoms. The molecule has 0 atom stereocenters. The van der Waals surface area contributed by atoms with Gasteiger partial charge in [0.1, 0.15) is 0 Å². The second-order valence-corrected chi connectivity index (χ2v) is 13.2. The van der Waals surface area contributed by atoms with Crippen LogP contribution >= 0.6 is 27.3 Å². The van der Waals surface area contributed by atoms with Crippen LogP contribution in [0.1, 0.15) is 35.0 Å². The van der Waals surface area contributed by atoms with Gasteiger partial charge in [0.2, 0.25) is 15.9 Å². The number of piperidine rings is 1. The largest absolute Gasteiger partial charge is 0.479 e. The number of nitrogens with one attached hydrogen (secondary N) is 2. The fraction of sp³-hybridized carbons (Fsp3) is 0.296. The number of carboxylic acids is 2. The Balaban J connectivity index is 1.42. The average Bonchev–Trinajstić information content (AvgIpc) is 3.25. The number of ether oxygens (including phenoxy) is 1. The fourth-order valence-corrected chi connectivity index (χ4v) is 7.98. The highest BCUT2D eigenvalue weighted by Crippen LogP contribution is 2.46. The third kappa shape index (κ3) is 7.64. The molecule has 2 aromatic carbocycles. The lowest BCUT2D eigenvalue weighted by molar-refractivity contribution is -0.139. The Kier molecular flexibility index (Phi) is 9.68. The molecule has 0 spiro atoms. The molecule has 14 heteroatoms. The van der Waals surface area contributed by atoms with E-state index in [1.54, 1.807) is 24.3 Å². The molecule has 1 aliphatic heterocycles. The van der Waals surface area contributed by atoms with Crippen molar-refractivity contribution >= 4 is 66.5 Å². The highest BCUT2D eigenvalue weighted by molar-refractivity contribution is 9.10. The zero-order chi connectivity index (χ0) is 29.7. The van der Waals surface area contributed by atoms with Crippen LogP contribution < -0.4 is 15.4 Å². The van der Waals surface area contributed by atoms with Crippen LogP contribution in [0.2, 0.25) is 0 Å². The van der Waals surface area contributed by atoms with Crippen molar-refractivity contribution in [1.82, 2.24) is 4.31 Å². The van der Waals surface area contributed by atoms with Crippen LogP contribution in [0.3, 0.4) is 0 Å². The van der Waals surface area contributed by atoms with E-state index < -0.39 is 28.6 Å². The van der Waals surface area contributed by atoms with Crippen molar-refractivity contribution in [2.75, 3.05) is 30.3 Å². The van der Waals surface area contributed by atoms with E-state index in [9.17, 15) is 27.9 Å². The number of rotatable bonds is 11. The monoisotopic (exact) mass is 665 g/mol. The molecular weight excluding hydrogens is 638 g/mol. The second-order valence-electron chi connectivity index (χ2n) is 9.38. The number of thiophene rings is 1. The van der Waals surface area contributed by atoms with E-state index in [-0.39, 0.29) is 28.3 Å². The van der Waals surface area contributed by atoms with Gasteiger partial charge in [-0.25, -0.2) is 22.3 Å². The summed E-state index contributed by atoms with van der Waals surface area (Å²) in [4.78, 5) is 34.6. The van der Waals surface area contributed by atoms with Gasteiger partial charge in [0.05, 0.1) is 15.1 Å². The molecule has 1 fully saturated rings. The number of halogens is 1. The van der Waals surface area contributed by atoms with Gasteiger partial charge in [0.15, 0.2) is 17.2 Å². The van der Waals surface area contributed by atoms with E-state index in [0.29, 0.717) is 52.1 Å². The second kappa shape index (κ2) is 13.0. The predicted molar refractivity (Wildman–Crippen MR) is 159 cm³/mol. The van der Waals surface area contributed by atoms with Crippen LogP contribution in [-0.4, -0.2) is 66.5 Å². The standard InChI is InChI=1S/C27H28BrN3O8S2/c1-16(32)29-21-8-3-2-5-18(21)15-41(37,38)31-11-9-19(10-12-31)30-20-7-4-6-17(13-20)25-23(28)24(39-14-22(33)34)26(40-25)27(35)36/h2-8,13,19,30H,9-12,14-15H2,1H3,(H,29,32)(H,33,34)(H,35,36). The number of aromatic carboxylic acids is 1. The first-order valence-electron chi connectivity index (χ1n) is 12.5. The van der Waals surface area contributed by atoms with E-state index in [4.69, 9.17) is 9.84 Å². The lowest BCUT2D eigenvalue weighted by atomic mass is 10.1. The zero-order valence-corrected chi connectivity index (χ0v) is 25.1. The van der Waals surface area contributed by atoms with Crippen molar-refractivity contribution in [2.45, 2.75) is 31.6 Å². The van der Waals surface area contributed by atoms with E-state index in [1.165, 1.54) is 11.2 Å². The van der Waals surface area contributed by atoms with Gasteiger partial charge in [0.25, 0.3) is 0 Å². The third-order valence-electron chi connectivity index (χ3n) is 6.35. The first kappa shape index (κ1) is 30.5. The molecule has 218 valence electrons. The van der Waals surface area contributed by atoms with Crippen LogP contribution in [0.4, 0.5) is 11.4 Å². The first-order chi connectivity index (χ1) is 19.4. The summed E-state index contributed by atoms with van der Waals surface area (Å²) in [7, 11) is -3.60. The first-order valence-corrected chi connectivity index (χ1v) is 15.8. The topological polar surface area (TPSA) is 162 Å². The van der Waals surface area contributed by atoms with E-state index in [0.717, 1.165) is 17.0 Å². The van der Waals surface area contributed by atoms with E-state index >= 15 is 0 Å². The van der Waals surface area contributed by atoms with Crippen LogP contribution in [0.15, 0.2) is 53.0 Å². The summed E-state index contributed by atoms with van der Waals surface area (Å²) in [5, 5.41) is 24.6. The van der Waals surface area contributed by atoms with Crippen molar-refractivity contribution in [3.05, 3.63) is 63.4 Å². The number of hydrogen-bond donors (Lipinski definition) is 4. The lowest BCUT2D eigenvalue weighted by Crippen LogP contribution is -2.42. The molecule has 11 nitrogen and oxygen atoms in total. The molecule has 0 unspecified atom stereocenters. The van der Waals surface area contributed by atoms with Gasteiger partial charge < -0.3 is 25.6 Å². The molecule has 4 rings (SSSR count). The molecular formula is C27H28BrN3O8S2. The van der Waals surface area contributed by atoms with Crippen molar-refractivity contribution in [1.29, 1.82) is 0 Å². The maximum atomic E-state index is 13.2. The van der Waals surface area contributed by atoms with Gasteiger partial charge in [0, 0.05) is 37.4 Å². The summed E-state index contributed by atoms with van der Waals surface area (Å²) < 4.78 is 33.4. The van der Waals surface area contributed by atoms with Crippen molar-refractivity contribution in [2.24, 2.45) is 0 Å². The Morgan fingerprint density at radius 2 is 1.80 bits per heavy atom. The highest BCUT2D eigenvalue weighted by atomic mass is 79.9. The SMILES string of the molecule is CC(=O)Nc1ccccc1CS(=O)(=O)N1CCC(Nc2cccc(-c3sc(C(=O)O)c(OCC(=O)O)c3Br)c2)CC1. The Labute approximate surface area is 249 Å². The molecule has 0 aliphatic carbocycles. The number of carbonyl (C=O) groups is 3. The Bertz CT molecular complexity index is 1570. The van der Waals surface area contributed by atoms with Gasteiger partial charge in [-0.1, -0.05) is 30.3 Å². The molecule has 0 bridgehead atoms. The summed E-state index contributed by atoms with van der Waals surface area (Å²) in [5.74, 6) is -2.97. The Morgan fingerprint density at radius 1 is 1.10 bits per heavy atom. The van der Waals surface area contributed by atoms with Crippen LogP contribution in [0.25, 0.3) is 10.4 Å². The minimum atomic E-state index is -3.60. The Morgan fingerprint density at radius 3 is 2.46 bits per heavy atom. The number of carbonyl (C=O) groups excluding carboxylic acids is 1. The summed E-state index contributed by atoms with van der Waals surface area (Å²) in [6.07, 6.45) is 1.16. The minimum Gasteiger partial charge on any atom is -0.479 e. The smallest absolute Gasteiger partial charge is 0.349 e. The summed E-state index contributed by atoms with van der Waals surface area (Å²) in [6.45, 7) is 1.38. The van der Waals surface area contributed by atoms with Crippen molar-refractivity contribution in [3.8, 4) is 16.2 Å². The number of sulfonamides is 1. The molecule has 0 saturated carbocycles. The number of anilines is 2. The number of nitrogens with zero attached hydrogens (tertiary/aromatic N) is 1. The molecule has 1 aliphatic rings. The lowest BCUT2D eigenvalue weighted by Gasteiger charge is -2.32. The van der Waals surface area contributed by atoms with E-state index in [2.05, 4.69) is 26.6 Å². The minimum absolute atomic E-state index is 0.0131. The van der Waals surface area contributed by atoms with Crippen LogP contribution in [0.5, 0.6) is 5.75 Å². The van der Waals surface area contributed by atoms with Crippen molar-refractivity contribution < 1.29 is 37.8 Å². The van der Waals surface area contributed by atoms with Gasteiger partial charge in [-0.15, -0.1) is 11.3 Å². The Hall–Kier alpha value is -3.46. The normalized spacial score (nSPS) is 14.4.